The predicted molar refractivity (Wildman–Crippen MR) is 118 cm³/mol. The quantitative estimate of drug-likeness (QED) is 0.633. The minimum absolute atomic E-state index is 0.0206. The highest BCUT2D eigenvalue weighted by Gasteiger charge is 2.26. The third-order valence-corrected chi connectivity index (χ3v) is 6.31. The summed E-state index contributed by atoms with van der Waals surface area (Å²) in [5, 5.41) is 14.6. The van der Waals surface area contributed by atoms with Crippen LogP contribution in [-0.4, -0.2) is 35.7 Å². The van der Waals surface area contributed by atoms with Crippen LogP contribution in [0.3, 0.4) is 0 Å². The van der Waals surface area contributed by atoms with E-state index in [2.05, 4.69) is 20.4 Å². The van der Waals surface area contributed by atoms with Gasteiger partial charge in [-0.25, -0.2) is 0 Å². The van der Waals surface area contributed by atoms with Crippen molar-refractivity contribution in [2.24, 2.45) is 5.92 Å². The second-order valence-electron chi connectivity index (χ2n) is 7.21. The van der Waals surface area contributed by atoms with Crippen molar-refractivity contribution in [1.29, 1.82) is 0 Å². The topological polar surface area (TPSA) is 58.1 Å². The first kappa shape index (κ1) is 19.9. The smallest absolute Gasteiger partial charge is 0.224 e. The summed E-state index contributed by atoms with van der Waals surface area (Å²) in [6.45, 7) is 2.22. The van der Waals surface area contributed by atoms with Gasteiger partial charge in [0.25, 0.3) is 0 Å². The second kappa shape index (κ2) is 9.37. The molecule has 1 aromatic carbocycles. The molecular formula is C22H23ClN4OS. The molecule has 3 heterocycles. The van der Waals surface area contributed by atoms with E-state index in [4.69, 9.17) is 11.6 Å². The number of rotatable bonds is 6. The van der Waals surface area contributed by atoms with Crippen LogP contribution in [-0.2, 0) is 11.2 Å². The molecule has 3 aromatic rings. The molecule has 1 amide bonds. The minimum Gasteiger partial charge on any atom is -0.355 e. The van der Waals surface area contributed by atoms with Crippen LogP contribution in [0, 0.1) is 5.92 Å². The Bertz CT molecular complexity index is 928. The number of nitrogens with zero attached hydrogens (tertiary/aromatic N) is 3. The van der Waals surface area contributed by atoms with Crippen LogP contribution >= 0.6 is 22.9 Å². The van der Waals surface area contributed by atoms with Gasteiger partial charge in [-0.15, -0.1) is 21.5 Å². The number of benzene rings is 1. The summed E-state index contributed by atoms with van der Waals surface area (Å²) >= 11 is 7.57. The van der Waals surface area contributed by atoms with E-state index < -0.39 is 0 Å². The Morgan fingerprint density at radius 1 is 1.17 bits per heavy atom. The third kappa shape index (κ3) is 5.14. The van der Waals surface area contributed by atoms with Crippen molar-refractivity contribution < 1.29 is 4.79 Å². The van der Waals surface area contributed by atoms with E-state index in [1.807, 2.05) is 53.9 Å². The van der Waals surface area contributed by atoms with Gasteiger partial charge in [-0.2, -0.15) is 0 Å². The number of carbonyl (C=O) groups excluding carboxylic acids is 1. The van der Waals surface area contributed by atoms with Crippen LogP contribution < -0.4 is 10.2 Å². The van der Waals surface area contributed by atoms with E-state index in [0.717, 1.165) is 47.2 Å². The van der Waals surface area contributed by atoms with Crippen LogP contribution in [0.25, 0.3) is 10.6 Å². The molecule has 0 saturated carbocycles. The molecule has 2 aromatic heterocycles. The Morgan fingerprint density at radius 2 is 2.03 bits per heavy atom. The van der Waals surface area contributed by atoms with Gasteiger partial charge in [-0.05, 0) is 60.5 Å². The number of hydrogen-bond acceptors (Lipinski definition) is 5. The van der Waals surface area contributed by atoms with Crippen LogP contribution in [0.15, 0.2) is 53.9 Å². The average Bonchev–Trinajstić information content (AvgIpc) is 3.30. The van der Waals surface area contributed by atoms with Gasteiger partial charge in [0.1, 0.15) is 5.69 Å². The first-order valence-electron chi connectivity index (χ1n) is 9.84. The Morgan fingerprint density at radius 3 is 2.76 bits per heavy atom. The lowest BCUT2D eigenvalue weighted by atomic mass is 9.97. The molecule has 150 valence electrons. The van der Waals surface area contributed by atoms with Crippen molar-refractivity contribution in [3.8, 4) is 10.6 Å². The fraction of sp³-hybridized carbons (Fsp3) is 0.318. The summed E-state index contributed by atoms with van der Waals surface area (Å²) in [7, 11) is 0. The first-order valence-corrected chi connectivity index (χ1v) is 11.1. The summed E-state index contributed by atoms with van der Waals surface area (Å²) in [6, 6.07) is 15.8. The summed E-state index contributed by atoms with van der Waals surface area (Å²) in [5.74, 6) is 0.934. The van der Waals surface area contributed by atoms with E-state index in [1.54, 1.807) is 11.3 Å². The fourth-order valence-corrected chi connectivity index (χ4v) is 4.39. The highest BCUT2D eigenvalue weighted by molar-refractivity contribution is 7.13. The Balaban J connectivity index is 1.30. The zero-order valence-electron chi connectivity index (χ0n) is 16.1. The van der Waals surface area contributed by atoms with Crippen molar-refractivity contribution in [3.05, 3.63) is 64.5 Å². The normalized spacial score (nSPS) is 16.6. The molecule has 1 atom stereocenters. The molecule has 0 radical (unpaired) electrons. The van der Waals surface area contributed by atoms with E-state index >= 15 is 0 Å². The van der Waals surface area contributed by atoms with Crippen LogP contribution in [0.4, 0.5) is 5.82 Å². The van der Waals surface area contributed by atoms with E-state index in [1.165, 1.54) is 5.56 Å². The van der Waals surface area contributed by atoms with Crippen LogP contribution in [0.1, 0.15) is 18.4 Å². The zero-order chi connectivity index (χ0) is 20.1. The fourth-order valence-electron chi connectivity index (χ4n) is 3.57. The third-order valence-electron chi connectivity index (χ3n) is 5.17. The summed E-state index contributed by atoms with van der Waals surface area (Å²) in [4.78, 5) is 15.9. The number of amides is 1. The average molecular weight is 427 g/mol. The molecule has 0 spiro atoms. The molecule has 1 aliphatic rings. The van der Waals surface area contributed by atoms with Gasteiger partial charge in [-0.1, -0.05) is 29.8 Å². The van der Waals surface area contributed by atoms with Crippen molar-refractivity contribution in [1.82, 2.24) is 15.5 Å². The highest BCUT2D eigenvalue weighted by Crippen LogP contribution is 2.25. The lowest BCUT2D eigenvalue weighted by molar-refractivity contribution is -0.125. The zero-order valence-corrected chi connectivity index (χ0v) is 17.6. The molecule has 1 fully saturated rings. The lowest BCUT2D eigenvalue weighted by Gasteiger charge is -2.32. The number of halogens is 1. The predicted octanol–water partition coefficient (Wildman–Crippen LogP) is 4.43. The molecule has 5 nitrogen and oxygen atoms in total. The maximum absolute atomic E-state index is 12.6. The molecule has 1 unspecified atom stereocenters. The highest BCUT2D eigenvalue weighted by atomic mass is 35.5. The molecule has 29 heavy (non-hydrogen) atoms. The second-order valence-corrected chi connectivity index (χ2v) is 8.59. The number of hydrogen-bond donors (Lipinski definition) is 1. The van der Waals surface area contributed by atoms with Gasteiger partial charge in [-0.3, -0.25) is 4.79 Å². The number of nitrogens with one attached hydrogen (secondary N) is 1. The maximum Gasteiger partial charge on any atom is 0.224 e. The Hall–Kier alpha value is -2.44. The summed E-state index contributed by atoms with van der Waals surface area (Å²) in [5.41, 5.74) is 2.05. The number of carbonyl (C=O) groups is 1. The van der Waals surface area contributed by atoms with Crippen LogP contribution in [0.2, 0.25) is 5.02 Å². The molecule has 1 N–H and O–H groups in total. The van der Waals surface area contributed by atoms with Gasteiger partial charge < -0.3 is 10.2 Å². The summed E-state index contributed by atoms with van der Waals surface area (Å²) in [6.07, 6.45) is 2.68. The van der Waals surface area contributed by atoms with Crippen molar-refractivity contribution in [2.45, 2.75) is 19.3 Å². The number of anilines is 1. The van der Waals surface area contributed by atoms with Gasteiger partial charge in [0.15, 0.2) is 5.82 Å². The van der Waals surface area contributed by atoms with Gasteiger partial charge in [0, 0.05) is 24.7 Å². The van der Waals surface area contributed by atoms with E-state index in [0.29, 0.717) is 13.1 Å². The Kier molecular flexibility index (Phi) is 6.42. The van der Waals surface area contributed by atoms with Gasteiger partial charge in [0.2, 0.25) is 5.91 Å². The minimum atomic E-state index is -0.0206. The largest absolute Gasteiger partial charge is 0.355 e. The molecule has 4 rings (SSSR count). The molecular weight excluding hydrogens is 404 g/mol. The first-order chi connectivity index (χ1) is 14.2. The van der Waals surface area contributed by atoms with Crippen molar-refractivity contribution >= 4 is 34.7 Å². The van der Waals surface area contributed by atoms with Crippen molar-refractivity contribution in [2.75, 3.05) is 24.5 Å². The SMILES string of the molecule is O=C(NCCc1ccc(Cl)cc1)C1CCCN(c2ccc(-c3cccs3)nn2)C1. The lowest BCUT2D eigenvalue weighted by Crippen LogP contribution is -2.43. The van der Waals surface area contributed by atoms with E-state index in [9.17, 15) is 4.79 Å². The van der Waals surface area contributed by atoms with E-state index in [-0.39, 0.29) is 11.8 Å². The van der Waals surface area contributed by atoms with Gasteiger partial charge in [0.05, 0.1) is 10.8 Å². The Labute approximate surface area is 179 Å². The maximum atomic E-state index is 12.6. The van der Waals surface area contributed by atoms with Gasteiger partial charge >= 0.3 is 0 Å². The van der Waals surface area contributed by atoms with Crippen LogP contribution in [0.5, 0.6) is 0 Å². The molecule has 0 aliphatic carbocycles. The molecule has 1 aliphatic heterocycles. The summed E-state index contributed by atoms with van der Waals surface area (Å²) < 4.78 is 0. The standard InChI is InChI=1S/C22H23ClN4OS/c23-18-7-5-16(6-8-18)11-12-24-22(28)17-3-1-13-27(15-17)21-10-9-19(25-26-21)20-4-2-14-29-20/h2,4-10,14,17H,1,3,11-13,15H2,(H,24,28). The molecule has 7 heteroatoms. The van der Waals surface area contributed by atoms with Crippen molar-refractivity contribution in [3.63, 3.8) is 0 Å². The monoisotopic (exact) mass is 426 g/mol. The number of piperidine rings is 1. The molecule has 1 saturated heterocycles. The number of aromatic nitrogens is 2. The molecule has 0 bridgehead atoms. The number of thiophene rings is 1.